The van der Waals surface area contributed by atoms with Gasteiger partial charge in [-0.2, -0.15) is 9.78 Å². The van der Waals surface area contributed by atoms with E-state index >= 15 is 0 Å². The fourth-order valence-corrected chi connectivity index (χ4v) is 4.02. The number of hydrogen-bond acceptors (Lipinski definition) is 11. The Labute approximate surface area is 249 Å². The third-order valence-corrected chi connectivity index (χ3v) is 6.48. The minimum Gasteiger partial charge on any atom is -0.493 e. The van der Waals surface area contributed by atoms with E-state index in [1.807, 2.05) is 18.2 Å². The lowest BCUT2D eigenvalue weighted by Gasteiger charge is -2.13. The van der Waals surface area contributed by atoms with Gasteiger partial charge in [0.25, 0.3) is 5.91 Å². The Bertz CT molecular complexity index is 1770. The molecule has 0 saturated carbocycles. The van der Waals surface area contributed by atoms with Gasteiger partial charge in [0.1, 0.15) is 30.5 Å². The Morgan fingerprint density at radius 3 is 2.58 bits per heavy atom. The minimum atomic E-state index is -0.690. The van der Waals surface area contributed by atoms with E-state index in [9.17, 15) is 9.18 Å². The van der Waals surface area contributed by atoms with Crippen molar-refractivity contribution in [1.29, 1.82) is 0 Å². The number of anilines is 1. The Hall–Kier alpha value is -5.50. The van der Waals surface area contributed by atoms with Crippen molar-refractivity contribution in [1.82, 2.24) is 30.7 Å². The van der Waals surface area contributed by atoms with Crippen molar-refractivity contribution < 1.29 is 28.0 Å². The number of methoxy groups -OCH3 is 1. The Morgan fingerprint density at radius 1 is 1.07 bits per heavy atom. The molecule has 220 valence electrons. The number of amides is 1. The maximum absolute atomic E-state index is 13.3. The van der Waals surface area contributed by atoms with Crippen molar-refractivity contribution in [2.24, 2.45) is 5.10 Å². The summed E-state index contributed by atoms with van der Waals surface area (Å²) in [5.74, 6) is 0.124. The van der Waals surface area contributed by atoms with Gasteiger partial charge >= 0.3 is 0 Å². The predicted molar refractivity (Wildman–Crippen MR) is 153 cm³/mol. The smallest absolute Gasteiger partial charge is 0.293 e. The van der Waals surface area contributed by atoms with Crippen LogP contribution in [0.4, 0.5) is 10.2 Å². The van der Waals surface area contributed by atoms with Gasteiger partial charge in [0, 0.05) is 16.1 Å². The number of ether oxygens (including phenoxy) is 3. The van der Waals surface area contributed by atoms with Crippen LogP contribution < -0.4 is 25.4 Å². The summed E-state index contributed by atoms with van der Waals surface area (Å²) in [7, 11) is 1.52. The SMILES string of the molecule is COc1cc(/C(C)=N\NC(=O)c2nnn(-c3nonc3N)c2COc2ccc(F)cc2)ccc1OCc1ccccc1Cl. The first-order valence-electron chi connectivity index (χ1n) is 12.6. The number of rotatable bonds is 11. The number of benzene rings is 3. The van der Waals surface area contributed by atoms with Crippen LogP contribution in [0.3, 0.4) is 0 Å². The molecule has 43 heavy (non-hydrogen) atoms. The summed E-state index contributed by atoms with van der Waals surface area (Å²) >= 11 is 6.22. The zero-order chi connectivity index (χ0) is 30.3. The first-order valence-corrected chi connectivity index (χ1v) is 13.0. The van der Waals surface area contributed by atoms with E-state index in [-0.39, 0.29) is 36.2 Å². The Morgan fingerprint density at radius 2 is 1.86 bits per heavy atom. The molecule has 0 aliphatic carbocycles. The third-order valence-electron chi connectivity index (χ3n) is 6.11. The van der Waals surface area contributed by atoms with Crippen LogP contribution in [0.2, 0.25) is 5.02 Å². The molecule has 5 rings (SSSR count). The lowest BCUT2D eigenvalue weighted by molar-refractivity contribution is 0.0947. The molecule has 0 saturated heterocycles. The van der Waals surface area contributed by atoms with Gasteiger partial charge in [0.2, 0.25) is 11.6 Å². The van der Waals surface area contributed by atoms with E-state index < -0.39 is 11.7 Å². The fourth-order valence-electron chi connectivity index (χ4n) is 3.83. The van der Waals surface area contributed by atoms with Gasteiger partial charge in [0.15, 0.2) is 17.2 Å². The Balaban J connectivity index is 1.33. The number of halogens is 2. The molecule has 15 heteroatoms. The average Bonchev–Trinajstić information content (AvgIpc) is 3.64. The van der Waals surface area contributed by atoms with Crippen LogP contribution in [0.15, 0.2) is 76.5 Å². The number of aromatic nitrogens is 5. The molecule has 0 unspecified atom stereocenters. The highest BCUT2D eigenvalue weighted by Gasteiger charge is 2.24. The molecule has 3 N–H and O–H groups in total. The van der Waals surface area contributed by atoms with Crippen molar-refractivity contribution in [2.75, 3.05) is 12.8 Å². The molecule has 5 aromatic rings. The summed E-state index contributed by atoms with van der Waals surface area (Å²) in [4.78, 5) is 13.2. The summed E-state index contributed by atoms with van der Waals surface area (Å²) in [5, 5.41) is 20.0. The van der Waals surface area contributed by atoms with Crippen LogP contribution in [-0.2, 0) is 13.2 Å². The van der Waals surface area contributed by atoms with Crippen molar-refractivity contribution in [3.05, 3.63) is 100 Å². The second-order valence-corrected chi connectivity index (χ2v) is 9.30. The molecule has 0 aliphatic rings. The second kappa shape index (κ2) is 13.0. The molecule has 2 heterocycles. The molecule has 0 bridgehead atoms. The highest BCUT2D eigenvalue weighted by Crippen LogP contribution is 2.30. The number of carbonyl (C=O) groups is 1. The molecule has 0 radical (unpaired) electrons. The molecule has 13 nitrogen and oxygen atoms in total. The van der Waals surface area contributed by atoms with Gasteiger partial charge in [-0.15, -0.1) is 5.10 Å². The lowest BCUT2D eigenvalue weighted by Crippen LogP contribution is -2.22. The van der Waals surface area contributed by atoms with E-state index in [1.165, 1.54) is 31.4 Å². The molecular formula is C28H24ClFN8O5. The molecule has 3 aromatic carbocycles. The monoisotopic (exact) mass is 606 g/mol. The van der Waals surface area contributed by atoms with Crippen LogP contribution >= 0.6 is 11.6 Å². The van der Waals surface area contributed by atoms with E-state index in [1.54, 1.807) is 31.2 Å². The van der Waals surface area contributed by atoms with E-state index in [0.717, 1.165) is 10.2 Å². The number of hydrazone groups is 1. The second-order valence-electron chi connectivity index (χ2n) is 8.90. The maximum atomic E-state index is 13.3. The van der Waals surface area contributed by atoms with Gasteiger partial charge in [-0.05, 0) is 65.8 Å². The lowest BCUT2D eigenvalue weighted by atomic mass is 10.1. The average molecular weight is 607 g/mol. The van der Waals surface area contributed by atoms with Gasteiger partial charge in [-0.3, -0.25) is 4.79 Å². The molecule has 0 spiro atoms. The van der Waals surface area contributed by atoms with Gasteiger partial charge in [0.05, 0.1) is 12.8 Å². The zero-order valence-electron chi connectivity index (χ0n) is 22.8. The van der Waals surface area contributed by atoms with E-state index in [2.05, 4.69) is 35.8 Å². The highest BCUT2D eigenvalue weighted by atomic mass is 35.5. The number of hydrogen-bond donors (Lipinski definition) is 2. The van der Waals surface area contributed by atoms with Gasteiger partial charge < -0.3 is 19.9 Å². The topological polar surface area (TPSA) is 165 Å². The van der Waals surface area contributed by atoms with Crippen molar-refractivity contribution >= 4 is 29.0 Å². The summed E-state index contributed by atoms with van der Waals surface area (Å²) in [6.07, 6.45) is 0. The van der Waals surface area contributed by atoms with E-state index in [4.69, 9.17) is 31.5 Å². The molecule has 1 amide bonds. The predicted octanol–water partition coefficient (Wildman–Crippen LogP) is 4.35. The number of nitrogen functional groups attached to an aromatic ring is 1. The van der Waals surface area contributed by atoms with Gasteiger partial charge in [-0.1, -0.05) is 35.0 Å². The molecule has 2 aromatic heterocycles. The molecule has 0 atom stereocenters. The van der Waals surface area contributed by atoms with Crippen molar-refractivity contribution in [3.63, 3.8) is 0 Å². The molecule has 0 aliphatic heterocycles. The number of nitrogens with two attached hydrogens (primary N) is 1. The van der Waals surface area contributed by atoms with Crippen molar-refractivity contribution in [3.8, 4) is 23.1 Å². The summed E-state index contributed by atoms with van der Waals surface area (Å²) in [6, 6.07) is 18.0. The van der Waals surface area contributed by atoms with Crippen LogP contribution in [0, 0.1) is 5.82 Å². The standard InChI is InChI=1S/C28H24ClFN8O5/c1-16(17-7-12-23(24(13-17)40-2)42-14-18-5-3-4-6-21(18)29)32-34-28(39)25-22(15-41-20-10-8-19(30)9-11-20)38(37-33-25)27-26(31)35-43-36-27/h3-13H,14-15H2,1-2H3,(H2,31,35)(H,34,39)/b32-16-. The quantitative estimate of drug-likeness (QED) is 0.163. The number of nitrogens with one attached hydrogen (secondary N) is 1. The first-order chi connectivity index (χ1) is 20.8. The third kappa shape index (κ3) is 6.70. The highest BCUT2D eigenvalue weighted by molar-refractivity contribution is 6.31. The molecule has 0 fully saturated rings. The maximum Gasteiger partial charge on any atom is 0.293 e. The van der Waals surface area contributed by atoms with Crippen LogP contribution in [0.25, 0.3) is 5.82 Å². The number of carbonyl (C=O) groups excluding carboxylic acids is 1. The fraction of sp³-hybridized carbons (Fsp3) is 0.143. The van der Waals surface area contributed by atoms with Crippen LogP contribution in [-0.4, -0.2) is 44.0 Å². The summed E-state index contributed by atoms with van der Waals surface area (Å²) < 4.78 is 36.3. The van der Waals surface area contributed by atoms with Gasteiger partial charge in [-0.25, -0.2) is 14.4 Å². The zero-order valence-corrected chi connectivity index (χ0v) is 23.6. The van der Waals surface area contributed by atoms with Crippen LogP contribution in [0.5, 0.6) is 17.2 Å². The summed E-state index contributed by atoms with van der Waals surface area (Å²) in [6.45, 7) is 1.75. The largest absolute Gasteiger partial charge is 0.493 e. The first kappa shape index (κ1) is 29.0. The molecular weight excluding hydrogens is 583 g/mol. The minimum absolute atomic E-state index is 0.00729. The van der Waals surface area contributed by atoms with E-state index in [0.29, 0.717) is 33.5 Å². The summed E-state index contributed by atoms with van der Waals surface area (Å²) in [5.41, 5.74) is 10.3. The van der Waals surface area contributed by atoms with Crippen molar-refractivity contribution in [2.45, 2.75) is 20.1 Å². The normalized spacial score (nSPS) is 11.3. The van der Waals surface area contributed by atoms with Crippen LogP contribution in [0.1, 0.15) is 34.2 Å². The Kier molecular flexibility index (Phi) is 8.77. The number of nitrogens with zero attached hydrogens (tertiary/aromatic N) is 6.